The summed E-state index contributed by atoms with van der Waals surface area (Å²) in [5.74, 6) is 0. The number of benzene rings is 2. The summed E-state index contributed by atoms with van der Waals surface area (Å²) < 4.78 is 26.7. The normalized spacial score (nSPS) is 11.0. The Hall–Kier alpha value is -0.980. The van der Waals surface area contributed by atoms with Gasteiger partial charge in [0.05, 0.1) is 5.69 Å². The van der Waals surface area contributed by atoms with Crippen LogP contribution in [0.25, 0.3) is 0 Å². The monoisotopic (exact) mass is 366 g/mol. The van der Waals surface area contributed by atoms with Crippen molar-refractivity contribution < 1.29 is 8.42 Å². The molecular formula is C13H13Cl3N2O2S. The highest BCUT2D eigenvalue weighted by molar-refractivity contribution is 7.89. The molecular weight excluding hydrogens is 355 g/mol. The molecule has 0 aliphatic rings. The Balaban J connectivity index is 0.00000220. The summed E-state index contributed by atoms with van der Waals surface area (Å²) >= 11 is 11.7. The van der Waals surface area contributed by atoms with Crippen LogP contribution >= 0.6 is 35.6 Å². The van der Waals surface area contributed by atoms with Gasteiger partial charge >= 0.3 is 0 Å². The molecule has 0 fully saturated rings. The second-order valence-electron chi connectivity index (χ2n) is 4.14. The van der Waals surface area contributed by atoms with Gasteiger partial charge in [0.1, 0.15) is 4.90 Å². The number of rotatable bonds is 4. The molecule has 8 heteroatoms. The summed E-state index contributed by atoms with van der Waals surface area (Å²) in [6.45, 7) is 0.0803. The standard InChI is InChI=1S/C13H12Cl2N2O2S.ClH/c14-10-5-9(6-11(15)7-10)8-17-20(18,19)13-4-2-1-3-12(13)16;/h1-7,17H,8,16H2;1H. The van der Waals surface area contributed by atoms with E-state index in [0.29, 0.717) is 15.6 Å². The highest BCUT2D eigenvalue weighted by Gasteiger charge is 2.16. The predicted molar refractivity (Wildman–Crippen MR) is 88.6 cm³/mol. The summed E-state index contributed by atoms with van der Waals surface area (Å²) in [4.78, 5) is 0.0492. The van der Waals surface area contributed by atoms with E-state index >= 15 is 0 Å². The lowest BCUT2D eigenvalue weighted by molar-refractivity contribution is 0.582. The minimum Gasteiger partial charge on any atom is -0.398 e. The van der Waals surface area contributed by atoms with Crippen molar-refractivity contribution in [3.05, 3.63) is 58.1 Å². The third-order valence-corrected chi connectivity index (χ3v) is 4.51. The Kier molecular flexibility index (Phi) is 6.31. The maximum atomic E-state index is 12.1. The molecule has 21 heavy (non-hydrogen) atoms. The van der Waals surface area contributed by atoms with E-state index in [1.54, 1.807) is 30.3 Å². The smallest absolute Gasteiger partial charge is 0.242 e. The van der Waals surface area contributed by atoms with Crippen LogP contribution < -0.4 is 10.5 Å². The van der Waals surface area contributed by atoms with Crippen molar-refractivity contribution in [3.8, 4) is 0 Å². The molecule has 2 aromatic rings. The van der Waals surface area contributed by atoms with Crippen LogP contribution in [0.15, 0.2) is 47.4 Å². The zero-order chi connectivity index (χ0) is 14.8. The van der Waals surface area contributed by atoms with E-state index in [-0.39, 0.29) is 29.5 Å². The molecule has 0 saturated heterocycles. The van der Waals surface area contributed by atoms with Crippen LogP contribution in [0.2, 0.25) is 10.0 Å². The summed E-state index contributed by atoms with van der Waals surface area (Å²) in [7, 11) is -3.68. The van der Waals surface area contributed by atoms with Crippen molar-refractivity contribution in [2.24, 2.45) is 0 Å². The zero-order valence-corrected chi connectivity index (χ0v) is 13.9. The van der Waals surface area contributed by atoms with Crippen molar-refractivity contribution >= 4 is 51.3 Å². The number of anilines is 1. The van der Waals surface area contributed by atoms with Crippen LogP contribution in [0.1, 0.15) is 5.56 Å². The van der Waals surface area contributed by atoms with Gasteiger partial charge in [0, 0.05) is 16.6 Å². The Morgan fingerprint density at radius 1 is 1.05 bits per heavy atom. The van der Waals surface area contributed by atoms with Gasteiger partial charge < -0.3 is 5.73 Å². The molecule has 0 aliphatic carbocycles. The lowest BCUT2D eigenvalue weighted by Gasteiger charge is -2.09. The van der Waals surface area contributed by atoms with Gasteiger partial charge in [-0.15, -0.1) is 12.4 Å². The van der Waals surface area contributed by atoms with Gasteiger partial charge in [0.15, 0.2) is 0 Å². The van der Waals surface area contributed by atoms with Gasteiger partial charge in [-0.3, -0.25) is 0 Å². The first-order valence-corrected chi connectivity index (χ1v) is 7.91. The Morgan fingerprint density at radius 2 is 1.62 bits per heavy atom. The van der Waals surface area contributed by atoms with Crippen molar-refractivity contribution in [1.82, 2.24) is 4.72 Å². The first-order valence-electron chi connectivity index (χ1n) is 5.67. The minimum absolute atomic E-state index is 0. The molecule has 2 rings (SSSR count). The van der Waals surface area contributed by atoms with Gasteiger partial charge in [-0.25, -0.2) is 13.1 Å². The van der Waals surface area contributed by atoms with Crippen LogP contribution in [0.5, 0.6) is 0 Å². The fourth-order valence-electron chi connectivity index (χ4n) is 1.69. The van der Waals surface area contributed by atoms with E-state index < -0.39 is 10.0 Å². The quantitative estimate of drug-likeness (QED) is 0.813. The second-order valence-corrected chi connectivity index (χ2v) is 6.75. The zero-order valence-electron chi connectivity index (χ0n) is 10.7. The molecule has 0 bridgehead atoms. The molecule has 0 amide bonds. The fraction of sp³-hybridized carbons (Fsp3) is 0.0769. The lowest BCUT2D eigenvalue weighted by atomic mass is 10.2. The maximum Gasteiger partial charge on any atom is 0.242 e. The maximum absolute atomic E-state index is 12.1. The molecule has 0 aromatic heterocycles. The molecule has 0 saturated carbocycles. The number of nitrogens with two attached hydrogens (primary N) is 1. The topological polar surface area (TPSA) is 72.2 Å². The van der Waals surface area contributed by atoms with E-state index in [0.717, 1.165) is 0 Å². The van der Waals surface area contributed by atoms with E-state index in [2.05, 4.69) is 4.72 Å². The summed E-state index contributed by atoms with van der Waals surface area (Å²) in [6.07, 6.45) is 0. The van der Waals surface area contributed by atoms with Crippen molar-refractivity contribution in [1.29, 1.82) is 0 Å². The van der Waals surface area contributed by atoms with E-state index in [1.165, 1.54) is 12.1 Å². The predicted octanol–water partition coefficient (Wildman–Crippen LogP) is 3.48. The van der Waals surface area contributed by atoms with Crippen LogP contribution in [0.4, 0.5) is 5.69 Å². The number of sulfonamides is 1. The Morgan fingerprint density at radius 3 is 2.19 bits per heavy atom. The number of halogens is 3. The van der Waals surface area contributed by atoms with Gasteiger partial charge in [0.25, 0.3) is 0 Å². The van der Waals surface area contributed by atoms with Crippen LogP contribution in [0.3, 0.4) is 0 Å². The molecule has 0 spiro atoms. The first-order chi connectivity index (χ1) is 9.38. The van der Waals surface area contributed by atoms with E-state index in [9.17, 15) is 8.42 Å². The van der Waals surface area contributed by atoms with Gasteiger partial charge in [0.2, 0.25) is 10.0 Å². The first kappa shape index (κ1) is 18.1. The average molecular weight is 368 g/mol. The molecule has 0 unspecified atom stereocenters. The fourth-order valence-corrected chi connectivity index (χ4v) is 3.41. The summed E-state index contributed by atoms with van der Waals surface area (Å²) in [6, 6.07) is 11.1. The third kappa shape index (κ3) is 4.76. The molecule has 4 nitrogen and oxygen atoms in total. The van der Waals surface area contributed by atoms with Crippen LogP contribution in [-0.2, 0) is 16.6 Å². The van der Waals surface area contributed by atoms with Crippen molar-refractivity contribution in [2.45, 2.75) is 11.4 Å². The SMILES string of the molecule is Cl.Nc1ccccc1S(=O)(=O)NCc1cc(Cl)cc(Cl)c1. The number of nitrogens with one attached hydrogen (secondary N) is 1. The summed E-state index contributed by atoms with van der Waals surface area (Å²) in [5.41, 5.74) is 6.53. The average Bonchev–Trinajstić information content (AvgIpc) is 2.36. The molecule has 114 valence electrons. The summed E-state index contributed by atoms with van der Waals surface area (Å²) in [5, 5.41) is 0.900. The van der Waals surface area contributed by atoms with Crippen LogP contribution in [0, 0.1) is 0 Å². The minimum atomic E-state index is -3.68. The third-order valence-electron chi connectivity index (χ3n) is 2.60. The molecule has 2 aromatic carbocycles. The van der Waals surface area contributed by atoms with Gasteiger partial charge in [-0.2, -0.15) is 0 Å². The van der Waals surface area contributed by atoms with Gasteiger partial charge in [-0.1, -0.05) is 35.3 Å². The number of nitrogen functional groups attached to an aromatic ring is 1. The van der Waals surface area contributed by atoms with Crippen molar-refractivity contribution in [3.63, 3.8) is 0 Å². The highest BCUT2D eigenvalue weighted by Crippen LogP contribution is 2.20. The van der Waals surface area contributed by atoms with E-state index in [1.807, 2.05) is 0 Å². The second kappa shape index (κ2) is 7.33. The number of hydrogen-bond acceptors (Lipinski definition) is 3. The Labute approximate surface area is 139 Å². The van der Waals surface area contributed by atoms with Crippen molar-refractivity contribution in [2.75, 3.05) is 5.73 Å². The molecule has 0 radical (unpaired) electrons. The molecule has 0 heterocycles. The van der Waals surface area contributed by atoms with E-state index in [4.69, 9.17) is 28.9 Å². The molecule has 0 aliphatic heterocycles. The van der Waals surface area contributed by atoms with Crippen LogP contribution in [-0.4, -0.2) is 8.42 Å². The lowest BCUT2D eigenvalue weighted by Crippen LogP contribution is -2.24. The number of hydrogen-bond donors (Lipinski definition) is 2. The van der Waals surface area contributed by atoms with Gasteiger partial charge in [-0.05, 0) is 35.9 Å². The molecule has 3 N–H and O–H groups in total. The number of para-hydroxylation sites is 1. The highest BCUT2D eigenvalue weighted by atomic mass is 35.5. The Bertz CT molecular complexity index is 716. The largest absolute Gasteiger partial charge is 0.398 e. The molecule has 0 atom stereocenters.